The lowest BCUT2D eigenvalue weighted by Gasteiger charge is -2.12. The number of unbranched alkanes of at least 4 members (excludes halogenated alkanes) is 11. The summed E-state index contributed by atoms with van der Waals surface area (Å²) in [6, 6.07) is 19.8. The van der Waals surface area contributed by atoms with Gasteiger partial charge in [0.25, 0.3) is 0 Å². The second-order valence-corrected chi connectivity index (χ2v) is 11.5. The van der Waals surface area contributed by atoms with E-state index < -0.39 is 0 Å². The van der Waals surface area contributed by atoms with E-state index in [9.17, 15) is 4.79 Å². The number of fused-ring (bicyclic) bond motifs is 1. The molecule has 0 aliphatic rings. The lowest BCUT2D eigenvalue weighted by molar-refractivity contribution is 0.0447. The quantitative estimate of drug-likeness (QED) is 0.0960. The maximum Gasteiger partial charge on any atom is 0.338 e. The molecular weight excluding hydrogens is 508 g/mol. The highest BCUT2D eigenvalue weighted by atomic mass is 16.5. The maximum absolute atomic E-state index is 12.3. The van der Waals surface area contributed by atoms with Gasteiger partial charge in [-0.25, -0.2) is 4.79 Å². The second-order valence-electron chi connectivity index (χ2n) is 11.5. The lowest BCUT2D eigenvalue weighted by atomic mass is 10.1. The van der Waals surface area contributed by atoms with Gasteiger partial charge in [-0.3, -0.25) is 0 Å². The van der Waals surface area contributed by atoms with Crippen molar-refractivity contribution in [3.8, 4) is 11.5 Å². The summed E-state index contributed by atoms with van der Waals surface area (Å²) in [5.74, 6) is 1.85. The first-order chi connectivity index (χ1) is 20.1. The van der Waals surface area contributed by atoms with Crippen molar-refractivity contribution in [1.82, 2.24) is 0 Å². The Labute approximate surface area is 248 Å². The molecule has 3 aromatic rings. The molecule has 0 bridgehead atoms. The number of hydrogen-bond acceptors (Lipinski definition) is 4. The predicted molar refractivity (Wildman–Crippen MR) is 171 cm³/mol. The maximum atomic E-state index is 12.3. The molecule has 3 rings (SSSR count). The molecular formula is C37H52O4. The molecule has 0 aliphatic heterocycles. The van der Waals surface area contributed by atoms with Crippen LogP contribution in [0.4, 0.5) is 0 Å². The predicted octanol–water partition coefficient (Wildman–Crippen LogP) is 10.7. The lowest BCUT2D eigenvalue weighted by Crippen LogP contribution is -2.11. The van der Waals surface area contributed by atoms with E-state index in [-0.39, 0.29) is 5.97 Å². The Morgan fingerprint density at radius 3 is 2.05 bits per heavy atom. The number of rotatable bonds is 21. The minimum atomic E-state index is -0.274. The van der Waals surface area contributed by atoms with E-state index in [1.165, 1.54) is 70.6 Å². The highest BCUT2D eigenvalue weighted by Gasteiger charge is 2.10. The third kappa shape index (κ3) is 12.2. The fourth-order valence-corrected chi connectivity index (χ4v) is 4.90. The Morgan fingerprint density at radius 1 is 0.732 bits per heavy atom. The van der Waals surface area contributed by atoms with Gasteiger partial charge in [0.15, 0.2) is 0 Å². The van der Waals surface area contributed by atoms with Gasteiger partial charge in [0, 0.05) is 5.39 Å². The first kappa shape index (κ1) is 32.5. The number of carbonyl (C=O) groups excluding carboxylic acids is 1. The van der Waals surface area contributed by atoms with Crippen molar-refractivity contribution in [2.24, 2.45) is 5.92 Å². The van der Waals surface area contributed by atoms with Crippen LogP contribution in [-0.4, -0.2) is 19.2 Å². The van der Waals surface area contributed by atoms with Crippen molar-refractivity contribution in [3.05, 3.63) is 71.8 Å². The van der Waals surface area contributed by atoms with Crippen molar-refractivity contribution >= 4 is 16.7 Å². The van der Waals surface area contributed by atoms with E-state index in [4.69, 9.17) is 14.2 Å². The number of carbonyl (C=O) groups is 1. The van der Waals surface area contributed by atoms with Crippen LogP contribution >= 0.6 is 0 Å². The topological polar surface area (TPSA) is 44.8 Å². The van der Waals surface area contributed by atoms with Gasteiger partial charge in [0.2, 0.25) is 0 Å². The van der Waals surface area contributed by atoms with Crippen molar-refractivity contribution in [2.45, 2.75) is 111 Å². The Morgan fingerprint density at radius 2 is 1.39 bits per heavy atom. The van der Waals surface area contributed by atoms with E-state index >= 15 is 0 Å². The summed E-state index contributed by atoms with van der Waals surface area (Å²) < 4.78 is 17.6. The Hall–Kier alpha value is -3.01. The van der Waals surface area contributed by atoms with Gasteiger partial charge in [-0.2, -0.15) is 0 Å². The van der Waals surface area contributed by atoms with Crippen LogP contribution < -0.4 is 9.47 Å². The Balaban J connectivity index is 1.36. The first-order valence-corrected chi connectivity index (χ1v) is 16.1. The minimum absolute atomic E-state index is 0.274. The van der Waals surface area contributed by atoms with Gasteiger partial charge < -0.3 is 14.2 Å². The van der Waals surface area contributed by atoms with Gasteiger partial charge in [-0.05, 0) is 59.7 Å². The van der Waals surface area contributed by atoms with E-state index in [1.54, 1.807) is 12.1 Å². The summed E-state index contributed by atoms with van der Waals surface area (Å²) in [5.41, 5.74) is 1.57. The van der Waals surface area contributed by atoms with Crippen LogP contribution in [-0.2, 0) is 11.3 Å². The number of esters is 1. The van der Waals surface area contributed by atoms with Crippen LogP contribution in [0.1, 0.15) is 120 Å². The zero-order valence-electron chi connectivity index (χ0n) is 25.8. The fourth-order valence-electron chi connectivity index (χ4n) is 4.90. The summed E-state index contributed by atoms with van der Waals surface area (Å²) in [5, 5.41) is 2.17. The Kier molecular flexibility index (Phi) is 15.2. The third-order valence-corrected chi connectivity index (χ3v) is 7.86. The highest BCUT2D eigenvalue weighted by Crippen LogP contribution is 2.29. The van der Waals surface area contributed by atoms with E-state index in [2.05, 4.69) is 39.0 Å². The Bertz CT molecular complexity index is 1140. The molecule has 0 fully saturated rings. The molecule has 1 atom stereocenters. The molecule has 0 saturated heterocycles. The molecule has 0 unspecified atom stereocenters. The monoisotopic (exact) mass is 560 g/mol. The molecule has 0 aliphatic carbocycles. The van der Waals surface area contributed by atoms with Crippen LogP contribution in [0.2, 0.25) is 0 Å². The summed E-state index contributed by atoms with van der Waals surface area (Å²) in [6.07, 6.45) is 17.2. The number of hydrogen-bond donors (Lipinski definition) is 0. The normalized spacial score (nSPS) is 11.9. The zero-order chi connectivity index (χ0) is 29.1. The molecule has 0 amide bonds. The largest absolute Gasteiger partial charge is 0.494 e. The molecule has 3 aromatic carbocycles. The SMILES string of the molecule is CCCCCCCCCCCCCCOc1ccc2c(OCc3ccc(C(=O)OC[C@H](C)CC)cc3)cccc2c1. The molecule has 41 heavy (non-hydrogen) atoms. The second kappa shape index (κ2) is 19.2. The third-order valence-electron chi connectivity index (χ3n) is 7.86. The molecule has 4 nitrogen and oxygen atoms in total. The summed E-state index contributed by atoms with van der Waals surface area (Å²) in [6.45, 7) is 8.10. The van der Waals surface area contributed by atoms with Crippen molar-refractivity contribution in [2.75, 3.05) is 13.2 Å². The first-order valence-electron chi connectivity index (χ1n) is 16.1. The van der Waals surface area contributed by atoms with E-state index in [0.717, 1.165) is 47.3 Å². The number of benzene rings is 3. The molecule has 0 aromatic heterocycles. The molecule has 0 radical (unpaired) electrons. The molecule has 0 spiro atoms. The summed E-state index contributed by atoms with van der Waals surface area (Å²) in [4.78, 5) is 12.3. The van der Waals surface area contributed by atoms with Crippen molar-refractivity contribution in [3.63, 3.8) is 0 Å². The molecule has 0 N–H and O–H groups in total. The van der Waals surface area contributed by atoms with Gasteiger partial charge in [-0.1, -0.05) is 122 Å². The van der Waals surface area contributed by atoms with Crippen LogP contribution in [0.5, 0.6) is 11.5 Å². The number of ether oxygens (including phenoxy) is 3. The van der Waals surface area contributed by atoms with Crippen LogP contribution in [0.25, 0.3) is 10.8 Å². The standard InChI is InChI=1S/C37H52O4/c1-4-6-7-8-9-10-11-12-13-14-15-16-26-39-34-24-25-35-33(27-34)18-17-19-36(35)40-29-31-20-22-32(23-21-31)37(38)41-28-30(3)5-2/h17-25,27,30H,4-16,26,28-29H2,1-3H3/t30-/m1/s1. The van der Waals surface area contributed by atoms with Crippen LogP contribution in [0, 0.1) is 5.92 Å². The van der Waals surface area contributed by atoms with E-state index in [0.29, 0.717) is 24.7 Å². The summed E-state index contributed by atoms with van der Waals surface area (Å²) in [7, 11) is 0. The average Bonchev–Trinajstić information content (AvgIpc) is 3.01. The molecule has 0 heterocycles. The highest BCUT2D eigenvalue weighted by molar-refractivity contribution is 5.90. The summed E-state index contributed by atoms with van der Waals surface area (Å²) >= 11 is 0. The van der Waals surface area contributed by atoms with Crippen molar-refractivity contribution in [1.29, 1.82) is 0 Å². The molecule has 224 valence electrons. The van der Waals surface area contributed by atoms with Crippen LogP contribution in [0.15, 0.2) is 60.7 Å². The van der Waals surface area contributed by atoms with E-state index in [1.807, 2.05) is 30.3 Å². The van der Waals surface area contributed by atoms with Gasteiger partial charge >= 0.3 is 5.97 Å². The average molecular weight is 561 g/mol. The minimum Gasteiger partial charge on any atom is -0.494 e. The van der Waals surface area contributed by atoms with Crippen molar-refractivity contribution < 1.29 is 19.0 Å². The fraction of sp³-hybridized carbons (Fsp3) is 0.541. The smallest absolute Gasteiger partial charge is 0.338 e. The zero-order valence-corrected chi connectivity index (χ0v) is 25.8. The van der Waals surface area contributed by atoms with Gasteiger partial charge in [0.05, 0.1) is 18.8 Å². The van der Waals surface area contributed by atoms with Gasteiger partial charge in [-0.15, -0.1) is 0 Å². The van der Waals surface area contributed by atoms with Crippen LogP contribution in [0.3, 0.4) is 0 Å². The molecule has 4 heteroatoms. The van der Waals surface area contributed by atoms with Gasteiger partial charge in [0.1, 0.15) is 18.1 Å². The molecule has 0 saturated carbocycles.